The third-order valence-electron chi connectivity index (χ3n) is 6.25. The van der Waals surface area contributed by atoms with Crippen molar-refractivity contribution >= 4 is 29.6 Å². The topological polar surface area (TPSA) is 91.4 Å². The van der Waals surface area contributed by atoms with Crippen molar-refractivity contribution in [2.24, 2.45) is 5.92 Å². The molecule has 4 rings (SSSR count). The summed E-state index contributed by atoms with van der Waals surface area (Å²) in [6.07, 6.45) is -2.46. The molecule has 0 aliphatic carbocycles. The Morgan fingerprint density at radius 3 is 1.77 bits per heavy atom. The second kappa shape index (κ2) is 14.3. The highest BCUT2D eigenvalue weighted by molar-refractivity contribution is 6.26. The predicted molar refractivity (Wildman–Crippen MR) is 144 cm³/mol. The van der Waals surface area contributed by atoms with Gasteiger partial charge in [-0.2, -0.15) is 0 Å². The van der Waals surface area contributed by atoms with E-state index >= 15 is 0 Å². The van der Waals surface area contributed by atoms with Gasteiger partial charge in [0.1, 0.15) is 37.2 Å². The fourth-order valence-electron chi connectivity index (χ4n) is 4.27. The van der Waals surface area contributed by atoms with Gasteiger partial charge in [0.05, 0.1) is 13.2 Å². The average molecular weight is 552 g/mol. The Labute approximate surface area is 232 Å². The first-order chi connectivity index (χ1) is 19.0. The van der Waals surface area contributed by atoms with E-state index in [1.54, 1.807) is 0 Å². The summed E-state index contributed by atoms with van der Waals surface area (Å²) in [6.45, 7) is 0.245. The van der Waals surface area contributed by atoms with Gasteiger partial charge in [-0.15, -0.1) is 11.6 Å². The fraction of sp³-hybridized carbons (Fsp3) is 0.300. The van der Waals surface area contributed by atoms with Crippen LogP contribution in [-0.2, 0) is 48.4 Å². The van der Waals surface area contributed by atoms with Gasteiger partial charge in [-0.3, -0.25) is 9.59 Å². The second-order valence-electron chi connectivity index (χ2n) is 9.07. The summed E-state index contributed by atoms with van der Waals surface area (Å²) in [5.74, 6) is -2.73. The quantitative estimate of drug-likeness (QED) is 0.204. The maximum Gasteiger partial charge on any atom is 0.410 e. The molecule has 9 heteroatoms. The molecule has 0 unspecified atom stereocenters. The highest BCUT2D eigenvalue weighted by Crippen LogP contribution is 2.27. The summed E-state index contributed by atoms with van der Waals surface area (Å²) < 4.78 is 22.9. The smallest absolute Gasteiger partial charge is 0.410 e. The van der Waals surface area contributed by atoms with Crippen LogP contribution in [0.25, 0.3) is 0 Å². The minimum absolute atomic E-state index is 0.0281. The van der Waals surface area contributed by atoms with Crippen molar-refractivity contribution in [3.05, 3.63) is 108 Å². The van der Waals surface area contributed by atoms with Crippen LogP contribution in [0.4, 0.5) is 4.79 Å². The number of ether oxygens (including phenoxy) is 4. The van der Waals surface area contributed by atoms with E-state index in [9.17, 15) is 14.4 Å². The molecule has 3 aromatic carbocycles. The van der Waals surface area contributed by atoms with Crippen LogP contribution < -0.4 is 0 Å². The number of piperidine rings is 1. The lowest BCUT2D eigenvalue weighted by atomic mass is 9.92. The number of rotatable bonds is 10. The molecule has 0 N–H and O–H groups in total. The zero-order chi connectivity index (χ0) is 27.5. The zero-order valence-corrected chi connectivity index (χ0v) is 22.1. The number of carbonyl (C=O) groups is 3. The van der Waals surface area contributed by atoms with Crippen molar-refractivity contribution in [2.75, 3.05) is 19.0 Å². The van der Waals surface area contributed by atoms with Crippen molar-refractivity contribution in [2.45, 2.75) is 32.0 Å². The molecule has 0 radical (unpaired) electrons. The summed E-state index contributed by atoms with van der Waals surface area (Å²) in [7, 11) is 0. The second-order valence-corrected chi connectivity index (χ2v) is 9.34. The summed E-state index contributed by atoms with van der Waals surface area (Å²) in [5, 5.41) is 0. The standard InChI is InChI=1S/C30H30ClNO7/c31-16-27(33)39-28-25(29(34)37-20-23-12-6-2-7-13-23)17-32(30(35)38-21-24-14-8-3-9-15-24)18-26(28)36-19-22-10-4-1-5-11-22/h1-15,25-26,28H,16-21H2/t25-,26+,28+/m0/s1. The van der Waals surface area contributed by atoms with E-state index in [0.29, 0.717) is 0 Å². The molecule has 1 saturated heterocycles. The van der Waals surface area contributed by atoms with E-state index < -0.39 is 42.0 Å². The Bertz CT molecular complexity index is 1210. The molecule has 1 amide bonds. The number of hydrogen-bond donors (Lipinski definition) is 0. The average Bonchev–Trinajstić information content (AvgIpc) is 2.99. The number of benzene rings is 3. The van der Waals surface area contributed by atoms with E-state index in [1.165, 1.54) is 4.90 Å². The van der Waals surface area contributed by atoms with Crippen LogP contribution in [0.5, 0.6) is 0 Å². The van der Waals surface area contributed by atoms with E-state index in [1.807, 2.05) is 91.0 Å². The molecule has 1 heterocycles. The van der Waals surface area contributed by atoms with E-state index in [4.69, 9.17) is 30.5 Å². The molecular formula is C30H30ClNO7. The summed E-state index contributed by atoms with van der Waals surface area (Å²) in [4.78, 5) is 40.1. The lowest BCUT2D eigenvalue weighted by molar-refractivity contribution is -0.181. The Kier molecular flexibility index (Phi) is 10.3. The molecule has 1 aliphatic heterocycles. The lowest BCUT2D eigenvalue weighted by Gasteiger charge is -2.41. The Morgan fingerprint density at radius 1 is 0.718 bits per heavy atom. The lowest BCUT2D eigenvalue weighted by Crippen LogP contribution is -2.58. The first-order valence-electron chi connectivity index (χ1n) is 12.6. The molecule has 3 atom stereocenters. The van der Waals surface area contributed by atoms with E-state index in [-0.39, 0.29) is 32.9 Å². The zero-order valence-electron chi connectivity index (χ0n) is 21.3. The molecule has 0 saturated carbocycles. The first-order valence-corrected chi connectivity index (χ1v) is 13.1. The number of carbonyl (C=O) groups excluding carboxylic acids is 3. The third-order valence-corrected chi connectivity index (χ3v) is 6.47. The molecule has 3 aromatic rings. The molecular weight excluding hydrogens is 522 g/mol. The summed E-state index contributed by atoms with van der Waals surface area (Å²) in [6, 6.07) is 27.9. The van der Waals surface area contributed by atoms with Crippen LogP contribution in [0.1, 0.15) is 16.7 Å². The van der Waals surface area contributed by atoms with Gasteiger partial charge in [0.15, 0.2) is 0 Å². The van der Waals surface area contributed by atoms with Crippen molar-refractivity contribution in [1.82, 2.24) is 4.90 Å². The Balaban J connectivity index is 1.53. The molecule has 0 bridgehead atoms. The van der Waals surface area contributed by atoms with Gasteiger partial charge < -0.3 is 23.8 Å². The van der Waals surface area contributed by atoms with Crippen LogP contribution in [0, 0.1) is 5.92 Å². The molecule has 204 valence electrons. The first kappa shape index (κ1) is 28.1. The number of nitrogens with zero attached hydrogens (tertiary/aromatic N) is 1. The number of alkyl halides is 1. The van der Waals surface area contributed by atoms with Crippen molar-refractivity contribution in [3.63, 3.8) is 0 Å². The van der Waals surface area contributed by atoms with E-state index in [2.05, 4.69) is 0 Å². The van der Waals surface area contributed by atoms with Crippen molar-refractivity contribution in [3.8, 4) is 0 Å². The minimum Gasteiger partial charge on any atom is -0.460 e. The van der Waals surface area contributed by atoms with E-state index in [0.717, 1.165) is 16.7 Å². The molecule has 39 heavy (non-hydrogen) atoms. The van der Waals surface area contributed by atoms with Gasteiger partial charge in [-0.05, 0) is 16.7 Å². The van der Waals surface area contributed by atoms with Crippen molar-refractivity contribution in [1.29, 1.82) is 0 Å². The number of esters is 2. The monoisotopic (exact) mass is 551 g/mol. The highest BCUT2D eigenvalue weighted by atomic mass is 35.5. The summed E-state index contributed by atoms with van der Waals surface area (Å²) >= 11 is 5.72. The van der Waals surface area contributed by atoms with Crippen LogP contribution >= 0.6 is 11.6 Å². The number of halogens is 1. The van der Waals surface area contributed by atoms with Gasteiger partial charge in [0.25, 0.3) is 0 Å². The van der Waals surface area contributed by atoms with Crippen LogP contribution in [-0.4, -0.2) is 54.1 Å². The number of likely N-dealkylation sites (tertiary alicyclic amines) is 1. The normalized spacial score (nSPS) is 18.7. The Morgan fingerprint density at radius 2 is 1.23 bits per heavy atom. The SMILES string of the molecule is O=C(CCl)O[C@@H]1[C@@H](C(=O)OCc2ccccc2)CN(C(=O)OCc2ccccc2)C[C@H]1OCc1ccccc1. The maximum absolute atomic E-state index is 13.3. The molecule has 0 aromatic heterocycles. The van der Waals surface area contributed by atoms with Gasteiger partial charge in [-0.1, -0.05) is 91.0 Å². The van der Waals surface area contributed by atoms with Gasteiger partial charge in [-0.25, -0.2) is 4.79 Å². The van der Waals surface area contributed by atoms with Crippen LogP contribution in [0.15, 0.2) is 91.0 Å². The molecule has 8 nitrogen and oxygen atoms in total. The third kappa shape index (κ3) is 8.30. The molecule has 1 fully saturated rings. The maximum atomic E-state index is 13.3. The van der Waals surface area contributed by atoms with Crippen LogP contribution in [0.3, 0.4) is 0 Å². The van der Waals surface area contributed by atoms with Gasteiger partial charge in [0.2, 0.25) is 0 Å². The van der Waals surface area contributed by atoms with Gasteiger partial charge in [0, 0.05) is 6.54 Å². The van der Waals surface area contributed by atoms with Crippen LogP contribution in [0.2, 0.25) is 0 Å². The largest absolute Gasteiger partial charge is 0.460 e. The Hall–Kier alpha value is -3.88. The minimum atomic E-state index is -1.01. The number of amides is 1. The molecule has 0 spiro atoms. The highest BCUT2D eigenvalue weighted by Gasteiger charge is 2.46. The number of hydrogen-bond acceptors (Lipinski definition) is 7. The van der Waals surface area contributed by atoms with Crippen molar-refractivity contribution < 1.29 is 33.3 Å². The fourth-order valence-corrected chi connectivity index (χ4v) is 4.33. The summed E-state index contributed by atoms with van der Waals surface area (Å²) in [5.41, 5.74) is 2.51. The predicted octanol–water partition coefficient (Wildman–Crippen LogP) is 4.73. The molecule has 1 aliphatic rings. The van der Waals surface area contributed by atoms with Gasteiger partial charge >= 0.3 is 18.0 Å².